The van der Waals surface area contributed by atoms with E-state index in [0.717, 1.165) is 0 Å². The summed E-state index contributed by atoms with van der Waals surface area (Å²) in [5, 5.41) is 15.4. The van der Waals surface area contributed by atoms with Gasteiger partial charge in [0.05, 0.1) is 6.61 Å². The summed E-state index contributed by atoms with van der Waals surface area (Å²) in [6.45, 7) is 9.83. The van der Waals surface area contributed by atoms with Gasteiger partial charge >= 0.3 is 0 Å². The second-order valence-electron chi connectivity index (χ2n) is 5.91. The molecule has 0 bridgehead atoms. The summed E-state index contributed by atoms with van der Waals surface area (Å²) < 4.78 is 26.9. The molecule has 0 aliphatic heterocycles. The van der Waals surface area contributed by atoms with Crippen molar-refractivity contribution in [2.45, 2.75) is 46.3 Å². The van der Waals surface area contributed by atoms with Gasteiger partial charge in [0.1, 0.15) is 0 Å². The van der Waals surface area contributed by atoms with E-state index in [0.29, 0.717) is 17.8 Å². The van der Waals surface area contributed by atoms with Gasteiger partial charge in [-0.15, -0.1) is 0 Å². The number of hydrogen-bond acceptors (Lipinski definition) is 4. The Hall–Kier alpha value is -0.920. The summed E-state index contributed by atoms with van der Waals surface area (Å²) in [4.78, 5) is 0. The standard InChI is InChI=1S/C12H23N3O3S/c1-8(12(3,4)5)6-13-19(17,18)11-10(7-16)9(2)14-15-11/h8,13,16H,6-7H2,1-5H3,(H,14,15). The van der Waals surface area contributed by atoms with Crippen molar-refractivity contribution in [2.75, 3.05) is 6.54 Å². The summed E-state index contributed by atoms with van der Waals surface area (Å²) in [5.74, 6) is 0.180. The molecular weight excluding hydrogens is 266 g/mol. The number of aliphatic hydroxyl groups is 1. The van der Waals surface area contributed by atoms with Gasteiger partial charge in [-0.25, -0.2) is 13.1 Å². The van der Waals surface area contributed by atoms with Gasteiger partial charge in [-0.05, 0) is 18.3 Å². The maximum Gasteiger partial charge on any atom is 0.260 e. The molecule has 110 valence electrons. The molecule has 7 heteroatoms. The van der Waals surface area contributed by atoms with Crippen LogP contribution in [0.1, 0.15) is 39.0 Å². The Balaban J connectivity index is 2.88. The zero-order chi connectivity index (χ0) is 14.8. The molecule has 0 amide bonds. The van der Waals surface area contributed by atoms with Crippen LogP contribution in [-0.2, 0) is 16.6 Å². The first-order valence-electron chi connectivity index (χ1n) is 6.24. The maximum absolute atomic E-state index is 12.2. The first-order valence-corrected chi connectivity index (χ1v) is 7.72. The van der Waals surface area contributed by atoms with Crippen LogP contribution in [0, 0.1) is 18.3 Å². The van der Waals surface area contributed by atoms with Gasteiger partial charge in [0.15, 0.2) is 5.03 Å². The lowest BCUT2D eigenvalue weighted by Crippen LogP contribution is -2.34. The van der Waals surface area contributed by atoms with E-state index >= 15 is 0 Å². The van der Waals surface area contributed by atoms with Gasteiger partial charge in [-0.3, -0.25) is 5.10 Å². The quantitative estimate of drug-likeness (QED) is 0.758. The molecule has 19 heavy (non-hydrogen) atoms. The number of nitrogens with zero attached hydrogens (tertiary/aromatic N) is 1. The highest BCUT2D eigenvalue weighted by atomic mass is 32.2. The average molecular weight is 289 g/mol. The minimum Gasteiger partial charge on any atom is -0.392 e. The zero-order valence-electron chi connectivity index (χ0n) is 12.1. The fourth-order valence-corrected chi connectivity index (χ4v) is 2.76. The lowest BCUT2D eigenvalue weighted by molar-refractivity contribution is 0.262. The molecule has 1 aromatic heterocycles. The summed E-state index contributed by atoms with van der Waals surface area (Å²) in [7, 11) is -3.69. The Kier molecular flexibility index (Phi) is 4.76. The van der Waals surface area contributed by atoms with Gasteiger partial charge < -0.3 is 5.11 Å². The SMILES string of the molecule is Cc1[nH]nc(S(=O)(=O)NCC(C)C(C)(C)C)c1CO. The maximum atomic E-state index is 12.2. The third kappa shape index (κ3) is 3.77. The second kappa shape index (κ2) is 5.60. The Bertz CT molecular complexity index is 529. The molecule has 0 aliphatic carbocycles. The number of aliphatic hydroxyl groups excluding tert-OH is 1. The molecule has 0 aliphatic rings. The number of sulfonamides is 1. The molecule has 3 N–H and O–H groups in total. The van der Waals surface area contributed by atoms with Crippen molar-refractivity contribution in [3.05, 3.63) is 11.3 Å². The lowest BCUT2D eigenvalue weighted by atomic mass is 9.82. The van der Waals surface area contributed by atoms with Crippen LogP contribution >= 0.6 is 0 Å². The molecule has 1 heterocycles. The summed E-state index contributed by atoms with van der Waals surface area (Å²) in [6, 6.07) is 0. The predicted molar refractivity (Wildman–Crippen MR) is 73.1 cm³/mol. The number of aromatic amines is 1. The first kappa shape index (κ1) is 16.1. The highest BCUT2D eigenvalue weighted by Gasteiger charge is 2.26. The van der Waals surface area contributed by atoms with Gasteiger partial charge in [0.25, 0.3) is 10.0 Å². The van der Waals surface area contributed by atoms with E-state index < -0.39 is 10.0 Å². The summed E-state index contributed by atoms with van der Waals surface area (Å²) in [6.07, 6.45) is 0. The van der Waals surface area contributed by atoms with Crippen molar-refractivity contribution in [1.82, 2.24) is 14.9 Å². The van der Waals surface area contributed by atoms with Crippen molar-refractivity contribution in [2.24, 2.45) is 11.3 Å². The van der Waals surface area contributed by atoms with E-state index in [1.54, 1.807) is 6.92 Å². The Morgan fingerprint density at radius 1 is 1.42 bits per heavy atom. The molecule has 1 rings (SSSR count). The van der Waals surface area contributed by atoms with E-state index in [9.17, 15) is 13.5 Å². The van der Waals surface area contributed by atoms with Crippen LogP contribution in [0.25, 0.3) is 0 Å². The Labute approximate surface area is 114 Å². The van der Waals surface area contributed by atoms with Gasteiger partial charge in [-0.2, -0.15) is 5.10 Å². The lowest BCUT2D eigenvalue weighted by Gasteiger charge is -2.27. The smallest absolute Gasteiger partial charge is 0.260 e. The van der Waals surface area contributed by atoms with Crippen molar-refractivity contribution >= 4 is 10.0 Å². The third-order valence-corrected chi connectivity index (χ3v) is 4.90. The van der Waals surface area contributed by atoms with Crippen LogP contribution in [-0.4, -0.2) is 30.3 Å². The van der Waals surface area contributed by atoms with Crippen LogP contribution in [0.2, 0.25) is 0 Å². The summed E-state index contributed by atoms with van der Waals surface area (Å²) in [5.41, 5.74) is 0.895. The molecule has 1 aromatic rings. The van der Waals surface area contributed by atoms with Gasteiger partial charge in [-0.1, -0.05) is 27.7 Å². The highest BCUT2D eigenvalue weighted by Crippen LogP contribution is 2.25. The normalized spacial score (nSPS) is 14.6. The van der Waals surface area contributed by atoms with Crippen LogP contribution in [0.3, 0.4) is 0 Å². The molecule has 6 nitrogen and oxygen atoms in total. The van der Waals surface area contributed by atoms with Crippen LogP contribution < -0.4 is 4.72 Å². The molecular formula is C12H23N3O3S. The zero-order valence-corrected chi connectivity index (χ0v) is 12.9. The summed E-state index contributed by atoms with van der Waals surface area (Å²) >= 11 is 0. The van der Waals surface area contributed by atoms with Crippen LogP contribution in [0.15, 0.2) is 5.03 Å². The highest BCUT2D eigenvalue weighted by molar-refractivity contribution is 7.89. The number of rotatable bonds is 5. The molecule has 0 saturated carbocycles. The van der Waals surface area contributed by atoms with Crippen molar-refractivity contribution < 1.29 is 13.5 Å². The molecule has 0 aromatic carbocycles. The second-order valence-corrected chi connectivity index (χ2v) is 7.59. The van der Waals surface area contributed by atoms with E-state index in [1.165, 1.54) is 0 Å². The van der Waals surface area contributed by atoms with Crippen molar-refractivity contribution in [3.63, 3.8) is 0 Å². The van der Waals surface area contributed by atoms with Crippen LogP contribution in [0.5, 0.6) is 0 Å². The van der Waals surface area contributed by atoms with Gasteiger partial charge in [0.2, 0.25) is 0 Å². The average Bonchev–Trinajstić information content (AvgIpc) is 2.66. The van der Waals surface area contributed by atoms with E-state index in [4.69, 9.17) is 0 Å². The molecule has 1 unspecified atom stereocenters. The van der Waals surface area contributed by atoms with Crippen molar-refractivity contribution in [1.29, 1.82) is 0 Å². The minimum atomic E-state index is -3.69. The number of H-pyrrole nitrogens is 1. The molecule has 0 radical (unpaired) electrons. The Morgan fingerprint density at radius 2 is 2.00 bits per heavy atom. The number of hydrogen-bond donors (Lipinski definition) is 3. The van der Waals surface area contributed by atoms with Gasteiger partial charge in [0, 0.05) is 17.8 Å². The molecule has 0 spiro atoms. The number of aromatic nitrogens is 2. The topological polar surface area (TPSA) is 95.1 Å². The predicted octanol–water partition coefficient (Wildman–Crippen LogP) is 1.17. The fourth-order valence-electron chi connectivity index (χ4n) is 1.45. The largest absolute Gasteiger partial charge is 0.392 e. The Morgan fingerprint density at radius 3 is 2.47 bits per heavy atom. The minimum absolute atomic E-state index is 0.0177. The van der Waals surface area contributed by atoms with Crippen molar-refractivity contribution in [3.8, 4) is 0 Å². The van der Waals surface area contributed by atoms with E-state index in [-0.39, 0.29) is 23.0 Å². The van der Waals surface area contributed by atoms with E-state index in [1.807, 2.05) is 6.92 Å². The number of aryl methyl sites for hydroxylation is 1. The van der Waals surface area contributed by atoms with E-state index in [2.05, 4.69) is 35.7 Å². The molecule has 0 saturated heterocycles. The number of nitrogens with one attached hydrogen (secondary N) is 2. The monoisotopic (exact) mass is 289 g/mol. The molecule has 0 fully saturated rings. The third-order valence-electron chi connectivity index (χ3n) is 3.51. The molecule has 1 atom stereocenters. The first-order chi connectivity index (χ1) is 8.59. The van der Waals surface area contributed by atoms with Crippen LogP contribution in [0.4, 0.5) is 0 Å². The fraction of sp³-hybridized carbons (Fsp3) is 0.750.